The van der Waals surface area contributed by atoms with Crippen LogP contribution in [0.2, 0.25) is 0 Å². The number of rotatable bonds is 3. The molecule has 122 valence electrons. The second kappa shape index (κ2) is 6.21. The zero-order valence-corrected chi connectivity index (χ0v) is 14.0. The van der Waals surface area contributed by atoms with Crippen molar-refractivity contribution in [1.29, 1.82) is 0 Å². The number of hydrogen-bond donors (Lipinski definition) is 0. The maximum Gasteiger partial charge on any atom is 0.243 e. The molecule has 0 bridgehead atoms. The molecule has 0 amide bonds. The Morgan fingerprint density at radius 3 is 2.58 bits per heavy atom. The average Bonchev–Trinajstić information content (AvgIpc) is 3.07. The highest BCUT2D eigenvalue weighted by Gasteiger charge is 2.31. The first-order valence-corrected chi connectivity index (χ1v) is 8.39. The molecule has 0 saturated carbocycles. The maximum absolute atomic E-state index is 5.41. The van der Waals surface area contributed by atoms with Gasteiger partial charge in [0.2, 0.25) is 5.89 Å². The van der Waals surface area contributed by atoms with Gasteiger partial charge in [-0.25, -0.2) is 0 Å². The third-order valence-electron chi connectivity index (χ3n) is 4.87. The van der Waals surface area contributed by atoms with Gasteiger partial charge in [-0.15, -0.1) is 0 Å². The van der Waals surface area contributed by atoms with Gasteiger partial charge >= 0.3 is 0 Å². The molecule has 4 heteroatoms. The molecule has 2 heterocycles. The van der Waals surface area contributed by atoms with Crippen molar-refractivity contribution in [2.75, 3.05) is 6.54 Å². The van der Waals surface area contributed by atoms with Crippen molar-refractivity contribution < 1.29 is 4.52 Å². The van der Waals surface area contributed by atoms with E-state index in [2.05, 4.69) is 76.6 Å². The lowest BCUT2D eigenvalue weighted by atomic mass is 9.84. The fourth-order valence-electron chi connectivity index (χ4n) is 3.54. The van der Waals surface area contributed by atoms with Gasteiger partial charge in [0.15, 0.2) is 5.82 Å². The molecular weight excluding hydrogens is 298 g/mol. The minimum Gasteiger partial charge on any atom is -0.338 e. The molecule has 2 aromatic carbocycles. The fourth-order valence-corrected chi connectivity index (χ4v) is 3.54. The van der Waals surface area contributed by atoms with Crippen LogP contribution >= 0.6 is 0 Å². The molecule has 3 aromatic rings. The van der Waals surface area contributed by atoms with Gasteiger partial charge in [0.1, 0.15) is 0 Å². The largest absolute Gasteiger partial charge is 0.338 e. The van der Waals surface area contributed by atoms with E-state index >= 15 is 0 Å². The summed E-state index contributed by atoms with van der Waals surface area (Å²) in [5.74, 6) is 1.75. The standard InChI is InChI=1S/C20H21N3O/c1-14(20-21-15(2)22-24-20)23-12-17-10-6-7-11-18(17)19(13-23)16-8-4-3-5-9-16/h3-11,14,19H,12-13H2,1-2H3/t14-,19-/m1/s1. The summed E-state index contributed by atoms with van der Waals surface area (Å²) >= 11 is 0. The van der Waals surface area contributed by atoms with E-state index in [4.69, 9.17) is 4.52 Å². The quantitative estimate of drug-likeness (QED) is 0.729. The van der Waals surface area contributed by atoms with Gasteiger partial charge in [-0.05, 0) is 30.5 Å². The Balaban J connectivity index is 1.70. The van der Waals surface area contributed by atoms with Gasteiger partial charge in [-0.1, -0.05) is 59.8 Å². The van der Waals surface area contributed by atoms with Crippen molar-refractivity contribution >= 4 is 0 Å². The molecule has 0 saturated heterocycles. The van der Waals surface area contributed by atoms with Gasteiger partial charge in [0.05, 0.1) is 6.04 Å². The number of aryl methyl sites for hydroxylation is 1. The summed E-state index contributed by atoms with van der Waals surface area (Å²) in [6.45, 7) is 5.85. The van der Waals surface area contributed by atoms with Crippen molar-refractivity contribution in [2.45, 2.75) is 32.4 Å². The maximum atomic E-state index is 5.41. The van der Waals surface area contributed by atoms with Crippen LogP contribution < -0.4 is 0 Å². The first kappa shape index (κ1) is 15.1. The normalized spacial score (nSPS) is 19.0. The Kier molecular flexibility index (Phi) is 3.90. The molecule has 0 radical (unpaired) electrons. The summed E-state index contributed by atoms with van der Waals surface area (Å²) in [4.78, 5) is 6.84. The van der Waals surface area contributed by atoms with Crippen LogP contribution in [-0.4, -0.2) is 21.6 Å². The topological polar surface area (TPSA) is 42.2 Å². The summed E-state index contributed by atoms with van der Waals surface area (Å²) < 4.78 is 5.41. The van der Waals surface area contributed by atoms with E-state index in [1.165, 1.54) is 16.7 Å². The van der Waals surface area contributed by atoms with Crippen LogP contribution in [0.4, 0.5) is 0 Å². The van der Waals surface area contributed by atoms with Gasteiger partial charge in [0.25, 0.3) is 0 Å². The molecule has 1 aliphatic heterocycles. The molecule has 1 aliphatic rings. The van der Waals surface area contributed by atoms with E-state index in [0.29, 0.717) is 17.6 Å². The molecule has 0 N–H and O–H groups in total. The predicted octanol–water partition coefficient (Wildman–Crippen LogP) is 4.09. The molecule has 4 nitrogen and oxygen atoms in total. The highest BCUT2D eigenvalue weighted by Crippen LogP contribution is 2.36. The second-order valence-corrected chi connectivity index (χ2v) is 6.45. The highest BCUT2D eigenvalue weighted by molar-refractivity contribution is 5.40. The van der Waals surface area contributed by atoms with Crippen molar-refractivity contribution in [1.82, 2.24) is 15.0 Å². The van der Waals surface area contributed by atoms with Crippen molar-refractivity contribution in [3.05, 3.63) is 83.0 Å². The Bertz CT molecular complexity index is 828. The van der Waals surface area contributed by atoms with Gasteiger partial charge < -0.3 is 4.52 Å². The van der Waals surface area contributed by atoms with E-state index in [9.17, 15) is 0 Å². The first-order valence-electron chi connectivity index (χ1n) is 8.39. The Morgan fingerprint density at radius 2 is 1.83 bits per heavy atom. The van der Waals surface area contributed by atoms with Gasteiger partial charge in [0, 0.05) is 19.0 Å². The van der Waals surface area contributed by atoms with E-state index in [1.54, 1.807) is 0 Å². The van der Waals surface area contributed by atoms with Crippen molar-refractivity contribution in [2.24, 2.45) is 0 Å². The van der Waals surface area contributed by atoms with E-state index in [-0.39, 0.29) is 6.04 Å². The molecule has 24 heavy (non-hydrogen) atoms. The Morgan fingerprint density at radius 1 is 1.08 bits per heavy atom. The van der Waals surface area contributed by atoms with E-state index in [1.807, 2.05) is 6.92 Å². The smallest absolute Gasteiger partial charge is 0.243 e. The van der Waals surface area contributed by atoms with Crippen LogP contribution in [0.3, 0.4) is 0 Å². The third-order valence-corrected chi connectivity index (χ3v) is 4.87. The van der Waals surface area contributed by atoms with Crippen LogP contribution in [0.15, 0.2) is 59.1 Å². The molecule has 4 rings (SSSR count). The molecule has 0 fully saturated rings. The summed E-state index contributed by atoms with van der Waals surface area (Å²) in [6, 6.07) is 19.6. The Hall–Kier alpha value is -2.46. The second-order valence-electron chi connectivity index (χ2n) is 6.45. The molecule has 1 aromatic heterocycles. The van der Waals surface area contributed by atoms with E-state index in [0.717, 1.165) is 13.1 Å². The highest BCUT2D eigenvalue weighted by atomic mass is 16.5. The molecule has 0 aliphatic carbocycles. The lowest BCUT2D eigenvalue weighted by Crippen LogP contribution is -2.36. The van der Waals surface area contributed by atoms with Crippen molar-refractivity contribution in [3.8, 4) is 0 Å². The monoisotopic (exact) mass is 319 g/mol. The minimum absolute atomic E-state index is 0.103. The minimum atomic E-state index is 0.103. The number of hydrogen-bond acceptors (Lipinski definition) is 4. The molecule has 0 spiro atoms. The summed E-state index contributed by atoms with van der Waals surface area (Å²) in [5.41, 5.74) is 4.15. The van der Waals surface area contributed by atoms with E-state index < -0.39 is 0 Å². The number of nitrogens with zero attached hydrogens (tertiary/aromatic N) is 3. The molecule has 2 atom stereocenters. The summed E-state index contributed by atoms with van der Waals surface area (Å²) in [6.07, 6.45) is 0. The van der Waals surface area contributed by atoms with Crippen LogP contribution in [0.5, 0.6) is 0 Å². The van der Waals surface area contributed by atoms with Crippen molar-refractivity contribution in [3.63, 3.8) is 0 Å². The van der Waals surface area contributed by atoms with Crippen LogP contribution in [0.25, 0.3) is 0 Å². The molecular formula is C20H21N3O. The summed E-state index contributed by atoms with van der Waals surface area (Å²) in [7, 11) is 0. The average molecular weight is 319 g/mol. The lowest BCUT2D eigenvalue weighted by molar-refractivity contribution is 0.150. The van der Waals surface area contributed by atoms with Crippen LogP contribution in [0, 0.1) is 6.92 Å². The first-order chi connectivity index (χ1) is 11.7. The zero-order valence-electron chi connectivity index (χ0n) is 14.0. The van der Waals surface area contributed by atoms with Crippen LogP contribution in [0.1, 0.15) is 47.3 Å². The molecule has 0 unspecified atom stereocenters. The third kappa shape index (κ3) is 2.74. The fraction of sp³-hybridized carbons (Fsp3) is 0.300. The van der Waals surface area contributed by atoms with Gasteiger partial charge in [-0.3, -0.25) is 4.90 Å². The predicted molar refractivity (Wildman–Crippen MR) is 92.6 cm³/mol. The number of fused-ring (bicyclic) bond motifs is 1. The SMILES string of the molecule is Cc1noc([C@@H](C)N2Cc3ccccc3[C@@H](c3ccccc3)C2)n1. The van der Waals surface area contributed by atoms with Crippen LogP contribution in [-0.2, 0) is 6.54 Å². The number of benzene rings is 2. The lowest BCUT2D eigenvalue weighted by Gasteiger charge is -2.37. The Labute approximate surface area is 142 Å². The summed E-state index contributed by atoms with van der Waals surface area (Å²) in [5, 5.41) is 3.94. The zero-order chi connectivity index (χ0) is 16.5. The van der Waals surface area contributed by atoms with Gasteiger partial charge in [-0.2, -0.15) is 4.98 Å². The number of aromatic nitrogens is 2.